The van der Waals surface area contributed by atoms with E-state index in [9.17, 15) is 14.7 Å². The monoisotopic (exact) mass is 441 g/mol. The van der Waals surface area contributed by atoms with E-state index in [4.69, 9.17) is 17.0 Å². The first-order valence-electron chi connectivity index (χ1n) is 9.78. The van der Waals surface area contributed by atoms with Crippen LogP contribution in [0.15, 0.2) is 59.7 Å². The van der Waals surface area contributed by atoms with Gasteiger partial charge in [0.1, 0.15) is 0 Å². The average Bonchev–Trinajstić information content (AvgIpc) is 2.73. The Bertz CT molecular complexity index is 1160. The molecular formula is C22H25N4O4S+. The van der Waals surface area contributed by atoms with E-state index in [0.717, 1.165) is 5.69 Å². The number of rotatable bonds is 7. The number of aromatic amines is 2. The Morgan fingerprint density at radius 1 is 1.16 bits per heavy atom. The molecule has 3 N–H and O–H groups in total. The van der Waals surface area contributed by atoms with Crippen LogP contribution in [0.3, 0.4) is 0 Å². The van der Waals surface area contributed by atoms with Crippen LogP contribution in [0.4, 0.5) is 5.69 Å². The van der Waals surface area contributed by atoms with Crippen molar-refractivity contribution in [1.29, 1.82) is 0 Å². The molecule has 8 nitrogen and oxygen atoms in total. The lowest BCUT2D eigenvalue weighted by Gasteiger charge is -2.23. The van der Waals surface area contributed by atoms with Crippen molar-refractivity contribution in [2.24, 2.45) is 0 Å². The van der Waals surface area contributed by atoms with E-state index in [-0.39, 0.29) is 22.8 Å². The molecular weight excluding hydrogens is 416 g/mol. The molecule has 0 spiro atoms. The van der Waals surface area contributed by atoms with Gasteiger partial charge in [-0.25, -0.2) is 4.79 Å². The minimum atomic E-state index is -0.949. The lowest BCUT2D eigenvalue weighted by atomic mass is 9.85. The highest BCUT2D eigenvalue weighted by Gasteiger charge is 2.42. The highest BCUT2D eigenvalue weighted by molar-refractivity contribution is 7.71. The molecule has 162 valence electrons. The first-order chi connectivity index (χ1) is 14.8. The summed E-state index contributed by atoms with van der Waals surface area (Å²) >= 11 is 4.97. The van der Waals surface area contributed by atoms with E-state index in [1.54, 1.807) is 48.1 Å². The van der Waals surface area contributed by atoms with Crippen molar-refractivity contribution in [2.75, 3.05) is 25.6 Å². The van der Waals surface area contributed by atoms with Crippen LogP contribution in [-0.2, 0) is 9.53 Å². The minimum absolute atomic E-state index is 0.00189. The molecule has 2 aromatic heterocycles. The summed E-state index contributed by atoms with van der Waals surface area (Å²) in [6.45, 7) is 1.89. The lowest BCUT2D eigenvalue weighted by molar-refractivity contribution is -0.712. The van der Waals surface area contributed by atoms with Crippen molar-refractivity contribution < 1.29 is 19.2 Å². The first kappa shape index (κ1) is 22.2. The fraction of sp³-hybridized carbons (Fsp3) is 0.273. The van der Waals surface area contributed by atoms with E-state index >= 15 is 0 Å². The smallest absolute Gasteiger partial charge is 0.376 e. The molecule has 0 saturated heterocycles. The number of nitrogens with one attached hydrogen (secondary N) is 2. The maximum absolute atomic E-state index is 13.2. The fourth-order valence-electron chi connectivity index (χ4n) is 3.51. The van der Waals surface area contributed by atoms with E-state index in [0.29, 0.717) is 5.56 Å². The summed E-state index contributed by atoms with van der Waals surface area (Å²) < 4.78 is 7.05. The van der Waals surface area contributed by atoms with Crippen molar-refractivity contribution in [1.82, 2.24) is 9.97 Å². The predicted octanol–water partition coefficient (Wildman–Crippen LogP) is 2.43. The summed E-state index contributed by atoms with van der Waals surface area (Å²) in [4.78, 5) is 33.0. The van der Waals surface area contributed by atoms with Crippen LogP contribution in [0.25, 0.3) is 0 Å². The zero-order valence-corrected chi connectivity index (χ0v) is 18.3. The van der Waals surface area contributed by atoms with Gasteiger partial charge in [-0.15, -0.1) is 0 Å². The van der Waals surface area contributed by atoms with Gasteiger partial charge in [0.25, 0.3) is 11.6 Å². The van der Waals surface area contributed by atoms with Crippen LogP contribution in [0, 0.1) is 4.77 Å². The largest absolute Gasteiger partial charge is 0.494 e. The first-order valence-corrected chi connectivity index (χ1v) is 10.2. The molecule has 9 heteroatoms. The molecule has 0 aliphatic carbocycles. The number of esters is 1. The highest BCUT2D eigenvalue weighted by Crippen LogP contribution is 2.35. The van der Waals surface area contributed by atoms with E-state index in [2.05, 4.69) is 9.97 Å². The van der Waals surface area contributed by atoms with Crippen LogP contribution in [0.1, 0.15) is 30.0 Å². The molecule has 2 heterocycles. The van der Waals surface area contributed by atoms with E-state index < -0.39 is 23.5 Å². The van der Waals surface area contributed by atoms with Gasteiger partial charge in [-0.2, -0.15) is 4.57 Å². The fourth-order valence-corrected chi connectivity index (χ4v) is 3.70. The molecule has 0 saturated carbocycles. The Kier molecular flexibility index (Phi) is 6.86. The number of hydrogen-bond acceptors (Lipinski definition) is 6. The number of hydrogen-bond donors (Lipinski definition) is 3. The molecule has 2 atom stereocenters. The second kappa shape index (κ2) is 9.57. The van der Waals surface area contributed by atoms with Crippen LogP contribution < -0.4 is 15.0 Å². The van der Waals surface area contributed by atoms with Crippen LogP contribution in [-0.4, -0.2) is 41.7 Å². The van der Waals surface area contributed by atoms with E-state index in [1.807, 2.05) is 37.2 Å². The van der Waals surface area contributed by atoms with Crippen LogP contribution in [0.2, 0.25) is 0 Å². The molecule has 0 aliphatic rings. The number of ether oxygens (including phenoxy) is 1. The predicted molar refractivity (Wildman–Crippen MR) is 119 cm³/mol. The summed E-state index contributed by atoms with van der Waals surface area (Å²) in [5.41, 5.74) is 1.03. The van der Waals surface area contributed by atoms with Crippen LogP contribution in [0.5, 0.6) is 5.88 Å². The third-order valence-electron chi connectivity index (χ3n) is 4.94. The zero-order valence-electron chi connectivity index (χ0n) is 17.5. The number of H-pyrrole nitrogens is 2. The molecule has 0 aliphatic heterocycles. The Morgan fingerprint density at radius 3 is 2.35 bits per heavy atom. The number of anilines is 1. The Labute approximate surface area is 184 Å². The summed E-state index contributed by atoms with van der Waals surface area (Å²) in [6, 6.07) is 11.8. The summed E-state index contributed by atoms with van der Waals surface area (Å²) in [5.74, 6) is -1.76. The van der Waals surface area contributed by atoms with Crippen molar-refractivity contribution in [3.63, 3.8) is 0 Å². The van der Waals surface area contributed by atoms with Gasteiger partial charge >= 0.3 is 5.97 Å². The van der Waals surface area contributed by atoms with Gasteiger partial charge in [0, 0.05) is 31.9 Å². The SMILES string of the molecule is CCOC(=O)C(C(c1ccccc1)c1c(O)[nH]c(=S)[nH]c1=O)[n+]1ccc(N(C)C)cc1. The number of benzene rings is 1. The number of aromatic nitrogens is 3. The zero-order chi connectivity index (χ0) is 22.5. The van der Waals surface area contributed by atoms with Crippen molar-refractivity contribution in [3.05, 3.63) is 81.1 Å². The molecule has 31 heavy (non-hydrogen) atoms. The third kappa shape index (κ3) is 4.83. The maximum atomic E-state index is 13.2. The van der Waals surface area contributed by atoms with Crippen molar-refractivity contribution >= 4 is 23.9 Å². The van der Waals surface area contributed by atoms with Gasteiger partial charge in [0.2, 0.25) is 0 Å². The molecule has 2 unspecified atom stereocenters. The number of pyridine rings is 1. The average molecular weight is 442 g/mol. The highest BCUT2D eigenvalue weighted by atomic mass is 32.1. The van der Waals surface area contributed by atoms with Gasteiger partial charge in [-0.05, 0) is 24.7 Å². The maximum Gasteiger partial charge on any atom is 0.376 e. The normalized spacial score (nSPS) is 12.7. The Balaban J connectivity index is 2.27. The van der Waals surface area contributed by atoms with Gasteiger partial charge < -0.3 is 19.7 Å². The summed E-state index contributed by atoms with van der Waals surface area (Å²) in [5, 5.41) is 10.6. The quantitative estimate of drug-likeness (QED) is 0.296. The summed E-state index contributed by atoms with van der Waals surface area (Å²) in [7, 11) is 3.83. The second-order valence-corrected chi connectivity index (χ2v) is 7.56. The lowest BCUT2D eigenvalue weighted by Crippen LogP contribution is -2.48. The molecule has 0 radical (unpaired) electrons. The topological polar surface area (TPSA) is 102 Å². The second-order valence-electron chi connectivity index (χ2n) is 7.15. The van der Waals surface area contributed by atoms with Gasteiger partial charge in [-0.3, -0.25) is 9.78 Å². The third-order valence-corrected chi connectivity index (χ3v) is 5.15. The number of carbonyl (C=O) groups excluding carboxylic acids is 1. The number of nitrogens with zero attached hydrogens (tertiary/aromatic N) is 2. The van der Waals surface area contributed by atoms with Gasteiger partial charge in [0.15, 0.2) is 23.0 Å². The number of carbonyl (C=O) groups is 1. The molecule has 3 rings (SSSR count). The summed E-state index contributed by atoms with van der Waals surface area (Å²) in [6.07, 6.45) is 3.51. The van der Waals surface area contributed by atoms with Crippen LogP contribution >= 0.6 is 12.2 Å². The molecule has 0 amide bonds. The van der Waals surface area contributed by atoms with Gasteiger partial charge in [-0.1, -0.05) is 30.3 Å². The minimum Gasteiger partial charge on any atom is -0.494 e. The van der Waals surface area contributed by atoms with Gasteiger partial charge in [0.05, 0.1) is 18.1 Å². The molecule has 3 aromatic rings. The molecule has 0 bridgehead atoms. The van der Waals surface area contributed by atoms with Crippen molar-refractivity contribution in [3.8, 4) is 5.88 Å². The standard InChI is InChI=1S/C22H24N4O4S/c1-4-30-21(29)18(26-12-10-15(11-13-26)25(2)3)16(14-8-6-5-7-9-14)17-19(27)23-22(31)24-20(17)28/h5-13,16,18H,4H2,1-3H3,(H2-,23,24,27,28,31)/p+1. The van der Waals surface area contributed by atoms with Crippen molar-refractivity contribution in [2.45, 2.75) is 18.9 Å². The number of aromatic hydroxyl groups is 1. The Morgan fingerprint density at radius 2 is 1.81 bits per heavy atom. The molecule has 0 fully saturated rings. The molecule has 1 aromatic carbocycles. The van der Waals surface area contributed by atoms with E-state index in [1.165, 1.54) is 0 Å². The Hall–Kier alpha value is -3.46.